The average Bonchev–Trinajstić information content (AvgIpc) is 2.24. The van der Waals surface area contributed by atoms with Crippen molar-refractivity contribution < 1.29 is 41.0 Å². The Hall–Kier alpha value is -0.990. The number of rotatable bonds is 4. The zero-order valence-electron chi connectivity index (χ0n) is 10.4. The van der Waals surface area contributed by atoms with E-state index < -0.39 is 35.8 Å². The molecule has 0 aliphatic heterocycles. The zero-order chi connectivity index (χ0) is 15.7. The quantitative estimate of drug-likeness (QED) is 0.641. The second-order valence-electron chi connectivity index (χ2n) is 4.44. The highest BCUT2D eigenvalue weighted by molar-refractivity contribution is 5.76. The zero-order valence-corrected chi connectivity index (χ0v) is 10.4. The summed E-state index contributed by atoms with van der Waals surface area (Å²) in [7, 11) is 0.844. The van der Waals surface area contributed by atoms with Crippen LogP contribution >= 0.6 is 0 Å². The summed E-state index contributed by atoms with van der Waals surface area (Å²) in [6.45, 7) is 2.10. The van der Waals surface area contributed by atoms with Crippen molar-refractivity contribution in [3.05, 3.63) is 0 Å². The highest BCUT2D eigenvalue weighted by Crippen LogP contribution is 2.50. The Morgan fingerprint density at radius 1 is 1.11 bits per heavy atom. The minimum Gasteiger partial charge on any atom is -0.469 e. The molecule has 0 aromatic heterocycles. The van der Waals surface area contributed by atoms with Gasteiger partial charge in [0.1, 0.15) is 0 Å². The van der Waals surface area contributed by atoms with Crippen LogP contribution in [0.1, 0.15) is 26.7 Å². The van der Waals surface area contributed by atoms with Crippen LogP contribution in [-0.2, 0) is 9.53 Å². The van der Waals surface area contributed by atoms with Crippen molar-refractivity contribution in [1.82, 2.24) is 0 Å². The fourth-order valence-corrected chi connectivity index (χ4v) is 1.51. The van der Waals surface area contributed by atoms with Crippen molar-refractivity contribution in [1.29, 1.82) is 0 Å². The second-order valence-corrected chi connectivity index (χ2v) is 4.44. The van der Waals surface area contributed by atoms with E-state index >= 15 is 0 Å². The van der Waals surface area contributed by atoms with Gasteiger partial charge in [0.15, 0.2) is 0 Å². The van der Waals surface area contributed by atoms with Crippen LogP contribution in [0.4, 0.5) is 26.3 Å². The number of halogens is 6. The molecule has 0 fully saturated rings. The largest absolute Gasteiger partial charge is 0.469 e. The van der Waals surface area contributed by atoms with Gasteiger partial charge in [-0.1, -0.05) is 6.92 Å². The predicted molar refractivity (Wildman–Crippen MR) is 52.1 cm³/mol. The summed E-state index contributed by atoms with van der Waals surface area (Å²) in [5, 5.41) is 9.04. The van der Waals surface area contributed by atoms with E-state index in [4.69, 9.17) is 5.11 Å². The number of ether oxygens (including phenoxy) is 1. The van der Waals surface area contributed by atoms with Crippen LogP contribution in [0.2, 0.25) is 0 Å². The number of aliphatic hydroxyl groups is 1. The molecule has 0 aromatic rings. The molecular formula is C10H14F6O3. The van der Waals surface area contributed by atoms with Gasteiger partial charge in [-0.3, -0.25) is 4.79 Å². The third-order valence-electron chi connectivity index (χ3n) is 3.04. The Bertz CT molecular complexity index is 321. The highest BCUT2D eigenvalue weighted by Gasteiger charge is 2.72. The van der Waals surface area contributed by atoms with E-state index in [0.717, 1.165) is 14.0 Å². The van der Waals surface area contributed by atoms with Crippen LogP contribution in [0.15, 0.2) is 0 Å². The van der Waals surface area contributed by atoms with Crippen molar-refractivity contribution in [2.45, 2.75) is 44.6 Å². The van der Waals surface area contributed by atoms with E-state index in [0.29, 0.717) is 0 Å². The molecule has 0 aromatic carbocycles. The first-order valence-corrected chi connectivity index (χ1v) is 5.19. The topological polar surface area (TPSA) is 46.5 Å². The van der Waals surface area contributed by atoms with Gasteiger partial charge < -0.3 is 9.84 Å². The van der Waals surface area contributed by atoms with Gasteiger partial charge in [-0.15, -0.1) is 0 Å². The molecule has 1 N–H and O–H groups in total. The molecule has 0 amide bonds. The Kier molecular flexibility index (Phi) is 4.91. The van der Waals surface area contributed by atoms with Crippen LogP contribution < -0.4 is 0 Å². The summed E-state index contributed by atoms with van der Waals surface area (Å²) in [5.41, 5.74) is -7.06. The third kappa shape index (κ3) is 3.31. The summed E-state index contributed by atoms with van der Waals surface area (Å²) in [6, 6.07) is 0. The van der Waals surface area contributed by atoms with Gasteiger partial charge >= 0.3 is 18.3 Å². The van der Waals surface area contributed by atoms with Crippen LogP contribution in [0.5, 0.6) is 0 Å². The average molecular weight is 296 g/mol. The first-order valence-electron chi connectivity index (χ1n) is 5.19. The molecule has 0 rings (SSSR count). The summed E-state index contributed by atoms with van der Waals surface area (Å²) >= 11 is 0. The Labute approximate surface area is 105 Å². The van der Waals surface area contributed by atoms with Crippen LogP contribution in [0.25, 0.3) is 0 Å². The molecule has 0 radical (unpaired) electrons. The fourth-order valence-electron chi connectivity index (χ4n) is 1.51. The minimum absolute atomic E-state index is 0.353. The fraction of sp³-hybridized carbons (Fsp3) is 0.900. The number of carbonyl (C=O) groups is 1. The number of methoxy groups -OCH3 is 1. The van der Waals surface area contributed by atoms with Gasteiger partial charge in [0.05, 0.1) is 12.5 Å². The smallest absolute Gasteiger partial charge is 0.426 e. The molecule has 0 spiro atoms. The van der Waals surface area contributed by atoms with Crippen molar-refractivity contribution >= 4 is 5.97 Å². The molecule has 0 saturated carbocycles. The maximum Gasteiger partial charge on any atom is 0.426 e. The molecule has 114 valence electrons. The van der Waals surface area contributed by atoms with Crippen LogP contribution in [-0.4, -0.2) is 36.1 Å². The Morgan fingerprint density at radius 2 is 1.47 bits per heavy atom. The van der Waals surface area contributed by atoms with Gasteiger partial charge in [0, 0.05) is 6.42 Å². The molecule has 9 heteroatoms. The summed E-state index contributed by atoms with van der Waals surface area (Å²) in [5.74, 6) is -1.25. The van der Waals surface area contributed by atoms with Gasteiger partial charge in [0.2, 0.25) is 0 Å². The van der Waals surface area contributed by atoms with Gasteiger partial charge in [0.25, 0.3) is 5.60 Å². The van der Waals surface area contributed by atoms with Crippen molar-refractivity contribution in [3.8, 4) is 0 Å². The lowest BCUT2D eigenvalue weighted by molar-refractivity contribution is -0.375. The molecule has 1 atom stereocenters. The maximum atomic E-state index is 12.5. The minimum atomic E-state index is -5.95. The highest BCUT2D eigenvalue weighted by atomic mass is 19.4. The molecule has 1 unspecified atom stereocenters. The van der Waals surface area contributed by atoms with E-state index in [2.05, 4.69) is 4.74 Å². The van der Waals surface area contributed by atoms with Crippen LogP contribution in [0.3, 0.4) is 0 Å². The van der Waals surface area contributed by atoms with Crippen molar-refractivity contribution in [2.75, 3.05) is 7.11 Å². The first-order chi connectivity index (χ1) is 8.25. The molecule has 0 bridgehead atoms. The number of hydrogen-bond acceptors (Lipinski definition) is 3. The van der Waals surface area contributed by atoms with E-state index in [1.807, 2.05) is 0 Å². The summed E-state index contributed by atoms with van der Waals surface area (Å²) in [6.07, 6.45) is -14.1. The Morgan fingerprint density at radius 3 is 1.68 bits per heavy atom. The monoisotopic (exact) mass is 296 g/mol. The number of carbonyl (C=O) groups excluding carboxylic acids is 1. The Balaban J connectivity index is 5.66. The molecule has 0 heterocycles. The van der Waals surface area contributed by atoms with Crippen molar-refractivity contribution in [2.24, 2.45) is 5.41 Å². The summed E-state index contributed by atoms with van der Waals surface area (Å²) < 4.78 is 79.3. The lowest BCUT2D eigenvalue weighted by atomic mass is 9.76. The van der Waals surface area contributed by atoms with Crippen molar-refractivity contribution in [3.63, 3.8) is 0 Å². The summed E-state index contributed by atoms with van der Waals surface area (Å²) in [4.78, 5) is 11.3. The normalized spacial score (nSPS) is 16.9. The molecule has 0 aliphatic carbocycles. The third-order valence-corrected chi connectivity index (χ3v) is 3.04. The number of esters is 1. The van der Waals surface area contributed by atoms with Gasteiger partial charge in [-0.25, -0.2) is 0 Å². The van der Waals surface area contributed by atoms with Crippen LogP contribution in [0, 0.1) is 5.41 Å². The predicted octanol–water partition coefficient (Wildman–Crippen LogP) is 2.82. The lowest BCUT2D eigenvalue weighted by Gasteiger charge is -2.38. The molecular weight excluding hydrogens is 282 g/mol. The maximum absolute atomic E-state index is 12.5. The number of hydrogen-bond donors (Lipinski definition) is 1. The molecule has 0 saturated heterocycles. The second kappa shape index (κ2) is 5.18. The van der Waals surface area contributed by atoms with Gasteiger partial charge in [-0.2, -0.15) is 26.3 Å². The molecule has 3 nitrogen and oxygen atoms in total. The van der Waals surface area contributed by atoms with E-state index in [1.54, 1.807) is 0 Å². The van der Waals surface area contributed by atoms with E-state index in [9.17, 15) is 31.1 Å². The lowest BCUT2D eigenvalue weighted by Crippen LogP contribution is -2.59. The van der Waals surface area contributed by atoms with E-state index in [1.165, 1.54) is 6.92 Å². The standard InChI is InChI=1S/C10H14F6O3/c1-4-7(2,6(17)19-3)5-8(18,9(11,12)13)10(14,15)16/h18H,4-5H2,1-3H3. The van der Waals surface area contributed by atoms with Gasteiger partial charge in [-0.05, 0) is 13.3 Å². The SMILES string of the molecule is CCC(C)(CC(O)(C(F)(F)F)C(F)(F)F)C(=O)OC. The molecule has 19 heavy (non-hydrogen) atoms. The first kappa shape index (κ1) is 18.0. The van der Waals surface area contributed by atoms with E-state index in [-0.39, 0.29) is 6.42 Å². The molecule has 0 aliphatic rings. The number of alkyl halides is 6.